The zero-order valence-corrected chi connectivity index (χ0v) is 14.5. The van der Waals surface area contributed by atoms with E-state index in [2.05, 4.69) is 5.32 Å². The summed E-state index contributed by atoms with van der Waals surface area (Å²) in [6.07, 6.45) is 0.0229. The zero-order chi connectivity index (χ0) is 17.5. The maximum absolute atomic E-state index is 12.5. The Morgan fingerprint density at radius 2 is 1.92 bits per heavy atom. The quantitative estimate of drug-likeness (QED) is 0.803. The van der Waals surface area contributed by atoms with Gasteiger partial charge in [0.05, 0.1) is 19.1 Å². The molecule has 0 unspecified atom stereocenters. The third-order valence-electron chi connectivity index (χ3n) is 3.54. The number of rotatable bonds is 6. The van der Waals surface area contributed by atoms with Crippen LogP contribution in [0.4, 0.5) is 0 Å². The Bertz CT molecular complexity index is 730. The van der Waals surface area contributed by atoms with E-state index in [-0.39, 0.29) is 18.3 Å². The van der Waals surface area contributed by atoms with Crippen molar-refractivity contribution in [2.45, 2.75) is 26.3 Å². The second-order valence-corrected chi connectivity index (χ2v) is 5.83. The topological polar surface area (TPSA) is 55.4 Å². The van der Waals surface area contributed by atoms with Crippen LogP contribution >= 0.6 is 11.6 Å². The van der Waals surface area contributed by atoms with Crippen molar-refractivity contribution in [3.05, 3.63) is 70.2 Å². The molecule has 0 radical (unpaired) electrons. The number of halogens is 1. The Morgan fingerprint density at radius 1 is 1.17 bits per heavy atom. The molecule has 126 valence electrons. The normalized spacial score (nSPS) is 11.6. The fourth-order valence-corrected chi connectivity index (χ4v) is 2.68. The number of carbonyl (C=O) groups is 2. The molecule has 0 aliphatic heterocycles. The van der Waals surface area contributed by atoms with Crippen molar-refractivity contribution in [3.8, 4) is 0 Å². The van der Waals surface area contributed by atoms with E-state index in [0.29, 0.717) is 22.8 Å². The van der Waals surface area contributed by atoms with Crippen molar-refractivity contribution in [2.75, 3.05) is 6.61 Å². The molecule has 0 saturated heterocycles. The van der Waals surface area contributed by atoms with E-state index in [1.165, 1.54) is 0 Å². The monoisotopic (exact) mass is 345 g/mol. The molecule has 0 heterocycles. The molecular weight excluding hydrogens is 326 g/mol. The van der Waals surface area contributed by atoms with Crippen LogP contribution in [0.5, 0.6) is 0 Å². The average Bonchev–Trinajstić information content (AvgIpc) is 2.55. The second-order valence-electron chi connectivity index (χ2n) is 5.43. The van der Waals surface area contributed by atoms with Gasteiger partial charge in [0.15, 0.2) is 0 Å². The SMILES string of the molecule is CCOC(=O)C[C@@H](NC(=O)c1cccc(C)c1)c1ccccc1Cl. The maximum atomic E-state index is 12.5. The van der Waals surface area contributed by atoms with Crippen LogP contribution in [0.15, 0.2) is 48.5 Å². The van der Waals surface area contributed by atoms with Gasteiger partial charge in [-0.2, -0.15) is 0 Å². The first-order valence-electron chi connectivity index (χ1n) is 7.79. The molecule has 2 rings (SSSR count). The van der Waals surface area contributed by atoms with E-state index in [1.807, 2.05) is 25.1 Å². The molecule has 0 aliphatic rings. The van der Waals surface area contributed by atoms with Crippen LogP contribution in [0.25, 0.3) is 0 Å². The van der Waals surface area contributed by atoms with Gasteiger partial charge in [0, 0.05) is 10.6 Å². The summed E-state index contributed by atoms with van der Waals surface area (Å²) in [7, 11) is 0. The van der Waals surface area contributed by atoms with Crippen molar-refractivity contribution in [1.82, 2.24) is 5.32 Å². The molecule has 5 heteroatoms. The molecule has 0 saturated carbocycles. The van der Waals surface area contributed by atoms with Crippen LogP contribution in [0.1, 0.15) is 40.9 Å². The summed E-state index contributed by atoms with van der Waals surface area (Å²) in [5, 5.41) is 3.38. The fourth-order valence-electron chi connectivity index (χ4n) is 2.41. The summed E-state index contributed by atoms with van der Waals surface area (Å²) in [4.78, 5) is 24.4. The number of esters is 1. The van der Waals surface area contributed by atoms with E-state index in [1.54, 1.807) is 37.3 Å². The Morgan fingerprint density at radius 3 is 2.58 bits per heavy atom. The molecular formula is C19H20ClNO3. The summed E-state index contributed by atoms with van der Waals surface area (Å²) in [5.41, 5.74) is 2.21. The van der Waals surface area contributed by atoms with Crippen LogP contribution in [-0.2, 0) is 9.53 Å². The lowest BCUT2D eigenvalue weighted by atomic mass is 10.0. The third-order valence-corrected chi connectivity index (χ3v) is 3.89. The van der Waals surface area contributed by atoms with E-state index >= 15 is 0 Å². The van der Waals surface area contributed by atoms with Crippen molar-refractivity contribution in [1.29, 1.82) is 0 Å². The first kappa shape index (κ1) is 18.0. The van der Waals surface area contributed by atoms with Crippen LogP contribution in [0, 0.1) is 6.92 Å². The Labute approximate surface area is 146 Å². The Hall–Kier alpha value is -2.33. The van der Waals surface area contributed by atoms with E-state index < -0.39 is 6.04 Å². The highest BCUT2D eigenvalue weighted by Gasteiger charge is 2.22. The number of nitrogens with one attached hydrogen (secondary N) is 1. The molecule has 0 aliphatic carbocycles. The molecule has 1 amide bonds. The van der Waals surface area contributed by atoms with Gasteiger partial charge in [-0.05, 0) is 37.6 Å². The third kappa shape index (κ3) is 4.83. The first-order valence-corrected chi connectivity index (χ1v) is 8.16. The highest BCUT2D eigenvalue weighted by atomic mass is 35.5. The molecule has 1 N–H and O–H groups in total. The van der Waals surface area contributed by atoms with E-state index in [4.69, 9.17) is 16.3 Å². The van der Waals surface area contributed by atoms with Crippen molar-refractivity contribution in [3.63, 3.8) is 0 Å². The van der Waals surface area contributed by atoms with Gasteiger partial charge >= 0.3 is 5.97 Å². The molecule has 2 aromatic carbocycles. The summed E-state index contributed by atoms with van der Waals surface area (Å²) >= 11 is 6.23. The summed E-state index contributed by atoms with van der Waals surface area (Å²) in [6, 6.07) is 13.9. The van der Waals surface area contributed by atoms with E-state index in [0.717, 1.165) is 5.56 Å². The summed E-state index contributed by atoms with van der Waals surface area (Å²) in [5.74, 6) is -0.639. The predicted octanol–water partition coefficient (Wildman–Crippen LogP) is 4.07. The van der Waals surface area contributed by atoms with Gasteiger partial charge in [-0.15, -0.1) is 0 Å². The average molecular weight is 346 g/mol. The summed E-state index contributed by atoms with van der Waals surface area (Å²) in [6.45, 7) is 3.95. The molecule has 0 fully saturated rings. The van der Waals surface area contributed by atoms with E-state index in [9.17, 15) is 9.59 Å². The van der Waals surface area contributed by atoms with Crippen molar-refractivity contribution in [2.24, 2.45) is 0 Å². The van der Waals surface area contributed by atoms with Crippen LogP contribution in [0.3, 0.4) is 0 Å². The van der Waals surface area contributed by atoms with Gasteiger partial charge in [0.2, 0.25) is 0 Å². The number of carbonyl (C=O) groups excluding carboxylic acids is 2. The number of hydrogen-bond acceptors (Lipinski definition) is 3. The number of hydrogen-bond donors (Lipinski definition) is 1. The van der Waals surface area contributed by atoms with Crippen LogP contribution in [0.2, 0.25) is 5.02 Å². The van der Waals surface area contributed by atoms with Gasteiger partial charge in [-0.3, -0.25) is 9.59 Å². The number of benzene rings is 2. The standard InChI is InChI=1S/C19H20ClNO3/c1-3-24-18(22)12-17(15-9-4-5-10-16(15)20)21-19(23)14-8-6-7-13(2)11-14/h4-11,17H,3,12H2,1-2H3,(H,21,23)/t17-/m1/s1. The summed E-state index contributed by atoms with van der Waals surface area (Å²) < 4.78 is 5.01. The molecule has 0 aromatic heterocycles. The number of aryl methyl sites for hydroxylation is 1. The second kappa shape index (κ2) is 8.50. The van der Waals surface area contributed by atoms with Crippen molar-refractivity contribution >= 4 is 23.5 Å². The van der Waals surface area contributed by atoms with Gasteiger partial charge in [-0.25, -0.2) is 0 Å². The highest BCUT2D eigenvalue weighted by Crippen LogP contribution is 2.26. The van der Waals surface area contributed by atoms with Gasteiger partial charge < -0.3 is 10.1 Å². The van der Waals surface area contributed by atoms with Crippen LogP contribution < -0.4 is 5.32 Å². The smallest absolute Gasteiger partial charge is 0.308 e. The molecule has 2 aromatic rings. The largest absolute Gasteiger partial charge is 0.466 e. The lowest BCUT2D eigenvalue weighted by molar-refractivity contribution is -0.143. The minimum atomic E-state index is -0.550. The minimum Gasteiger partial charge on any atom is -0.466 e. The Balaban J connectivity index is 2.24. The molecule has 0 spiro atoms. The Kier molecular flexibility index (Phi) is 6.38. The van der Waals surface area contributed by atoms with Gasteiger partial charge in [-0.1, -0.05) is 47.5 Å². The maximum Gasteiger partial charge on any atom is 0.308 e. The zero-order valence-electron chi connectivity index (χ0n) is 13.7. The number of amides is 1. The van der Waals surface area contributed by atoms with Gasteiger partial charge in [0.25, 0.3) is 5.91 Å². The number of ether oxygens (including phenoxy) is 1. The molecule has 1 atom stereocenters. The highest BCUT2D eigenvalue weighted by molar-refractivity contribution is 6.31. The molecule has 4 nitrogen and oxygen atoms in total. The van der Waals surface area contributed by atoms with Gasteiger partial charge in [0.1, 0.15) is 0 Å². The molecule has 24 heavy (non-hydrogen) atoms. The fraction of sp³-hybridized carbons (Fsp3) is 0.263. The van der Waals surface area contributed by atoms with Crippen LogP contribution in [-0.4, -0.2) is 18.5 Å². The lowest BCUT2D eigenvalue weighted by Crippen LogP contribution is -2.31. The predicted molar refractivity (Wildman–Crippen MR) is 94.1 cm³/mol. The molecule has 0 bridgehead atoms. The minimum absolute atomic E-state index is 0.0229. The van der Waals surface area contributed by atoms with Crippen molar-refractivity contribution < 1.29 is 14.3 Å². The first-order chi connectivity index (χ1) is 11.5. The lowest BCUT2D eigenvalue weighted by Gasteiger charge is -2.20.